The Morgan fingerprint density at radius 3 is 2.78 bits per heavy atom. The van der Waals surface area contributed by atoms with Crippen LogP contribution in [0.25, 0.3) is 0 Å². The molecular formula is C17H15FN2O3. The van der Waals surface area contributed by atoms with Gasteiger partial charge in [-0.05, 0) is 43.5 Å². The zero-order chi connectivity index (χ0) is 16.6. The van der Waals surface area contributed by atoms with Gasteiger partial charge in [0, 0.05) is 23.7 Å². The van der Waals surface area contributed by atoms with E-state index in [4.69, 9.17) is 0 Å². The molecule has 1 heterocycles. The Morgan fingerprint density at radius 2 is 2.04 bits per heavy atom. The first-order valence-corrected chi connectivity index (χ1v) is 7.32. The van der Waals surface area contributed by atoms with E-state index in [1.807, 2.05) is 0 Å². The predicted octanol–water partition coefficient (Wildman–Crippen LogP) is 3.64. The Morgan fingerprint density at radius 1 is 1.26 bits per heavy atom. The lowest BCUT2D eigenvalue weighted by Gasteiger charge is -2.29. The van der Waals surface area contributed by atoms with E-state index in [1.54, 1.807) is 25.1 Å². The second-order valence-electron chi connectivity index (χ2n) is 5.59. The van der Waals surface area contributed by atoms with Gasteiger partial charge in [-0.3, -0.25) is 14.9 Å². The SMILES string of the molecule is Cc1ccc(C(=O)N2CCCc3ccc(F)cc32)cc1[N+](=O)[O-]. The van der Waals surface area contributed by atoms with Gasteiger partial charge >= 0.3 is 0 Å². The summed E-state index contributed by atoms with van der Waals surface area (Å²) in [4.78, 5) is 24.8. The molecule has 1 aliphatic rings. The average Bonchev–Trinajstić information content (AvgIpc) is 2.53. The smallest absolute Gasteiger partial charge is 0.273 e. The maximum Gasteiger partial charge on any atom is 0.273 e. The van der Waals surface area contributed by atoms with E-state index in [-0.39, 0.29) is 17.2 Å². The van der Waals surface area contributed by atoms with E-state index in [0.717, 1.165) is 18.4 Å². The monoisotopic (exact) mass is 314 g/mol. The Balaban J connectivity index is 2.01. The molecule has 5 nitrogen and oxygen atoms in total. The number of carbonyl (C=O) groups is 1. The number of halogens is 1. The fourth-order valence-electron chi connectivity index (χ4n) is 2.85. The minimum atomic E-state index is -0.504. The van der Waals surface area contributed by atoms with Crippen molar-refractivity contribution in [1.29, 1.82) is 0 Å². The summed E-state index contributed by atoms with van der Waals surface area (Å²) in [6.45, 7) is 2.09. The number of benzene rings is 2. The van der Waals surface area contributed by atoms with Crippen LogP contribution in [-0.2, 0) is 6.42 Å². The first-order chi connectivity index (χ1) is 11.0. The third kappa shape index (κ3) is 2.79. The minimum Gasteiger partial charge on any atom is -0.308 e. The lowest BCUT2D eigenvalue weighted by Crippen LogP contribution is -2.35. The summed E-state index contributed by atoms with van der Waals surface area (Å²) in [6.07, 6.45) is 1.56. The van der Waals surface area contributed by atoms with E-state index < -0.39 is 10.7 Å². The van der Waals surface area contributed by atoms with E-state index >= 15 is 0 Å². The van der Waals surface area contributed by atoms with Crippen LogP contribution in [0.15, 0.2) is 36.4 Å². The highest BCUT2D eigenvalue weighted by Gasteiger charge is 2.25. The zero-order valence-electron chi connectivity index (χ0n) is 12.6. The molecule has 23 heavy (non-hydrogen) atoms. The van der Waals surface area contributed by atoms with Gasteiger partial charge in [-0.15, -0.1) is 0 Å². The van der Waals surface area contributed by atoms with Crippen LogP contribution in [-0.4, -0.2) is 17.4 Å². The van der Waals surface area contributed by atoms with Crippen molar-refractivity contribution in [2.75, 3.05) is 11.4 Å². The molecule has 118 valence electrons. The number of nitro benzene ring substituents is 1. The minimum absolute atomic E-state index is 0.0904. The fraction of sp³-hybridized carbons (Fsp3) is 0.235. The molecule has 0 bridgehead atoms. The largest absolute Gasteiger partial charge is 0.308 e. The molecule has 0 atom stereocenters. The quantitative estimate of drug-likeness (QED) is 0.628. The Labute approximate surface area is 132 Å². The van der Waals surface area contributed by atoms with Crippen molar-refractivity contribution >= 4 is 17.3 Å². The van der Waals surface area contributed by atoms with Crippen molar-refractivity contribution < 1.29 is 14.1 Å². The second kappa shape index (κ2) is 5.79. The van der Waals surface area contributed by atoms with Crippen LogP contribution < -0.4 is 4.90 Å². The number of nitrogens with zero attached hydrogens (tertiary/aromatic N) is 2. The highest BCUT2D eigenvalue weighted by atomic mass is 19.1. The van der Waals surface area contributed by atoms with Gasteiger partial charge in [0.1, 0.15) is 5.82 Å². The molecule has 0 aliphatic carbocycles. The van der Waals surface area contributed by atoms with Crippen molar-refractivity contribution in [3.05, 3.63) is 69.0 Å². The number of amides is 1. The molecule has 0 spiro atoms. The van der Waals surface area contributed by atoms with Crippen LogP contribution in [0.2, 0.25) is 0 Å². The molecule has 1 aliphatic heterocycles. The van der Waals surface area contributed by atoms with E-state index in [9.17, 15) is 19.3 Å². The number of fused-ring (bicyclic) bond motifs is 1. The van der Waals surface area contributed by atoms with Crippen molar-refractivity contribution in [3.63, 3.8) is 0 Å². The molecule has 6 heteroatoms. The Hall–Kier alpha value is -2.76. The molecule has 0 radical (unpaired) electrons. The number of carbonyl (C=O) groups excluding carboxylic acids is 1. The topological polar surface area (TPSA) is 63.5 Å². The average molecular weight is 314 g/mol. The molecule has 3 rings (SSSR count). The molecular weight excluding hydrogens is 299 g/mol. The van der Waals surface area contributed by atoms with Crippen LogP contribution in [0.1, 0.15) is 27.9 Å². The van der Waals surface area contributed by atoms with Crippen LogP contribution in [0.3, 0.4) is 0 Å². The number of anilines is 1. The molecule has 0 N–H and O–H groups in total. The Kier molecular flexibility index (Phi) is 3.82. The number of nitro groups is 1. The third-order valence-electron chi connectivity index (χ3n) is 4.06. The van der Waals surface area contributed by atoms with Gasteiger partial charge in [-0.25, -0.2) is 4.39 Å². The summed E-state index contributed by atoms with van der Waals surface area (Å²) in [7, 11) is 0. The van der Waals surface area contributed by atoms with Gasteiger partial charge in [0.25, 0.3) is 11.6 Å². The first kappa shape index (κ1) is 15.1. The predicted molar refractivity (Wildman–Crippen MR) is 84.2 cm³/mol. The Bertz CT molecular complexity index is 804. The van der Waals surface area contributed by atoms with E-state index in [1.165, 1.54) is 23.1 Å². The molecule has 1 amide bonds. The molecule has 0 aromatic heterocycles. The fourth-order valence-corrected chi connectivity index (χ4v) is 2.85. The maximum atomic E-state index is 13.5. The van der Waals surface area contributed by atoms with Gasteiger partial charge in [-0.2, -0.15) is 0 Å². The van der Waals surface area contributed by atoms with Crippen molar-refractivity contribution in [1.82, 2.24) is 0 Å². The van der Waals surface area contributed by atoms with Crippen LogP contribution in [0.4, 0.5) is 15.8 Å². The van der Waals surface area contributed by atoms with Gasteiger partial charge in [0.15, 0.2) is 0 Å². The lowest BCUT2D eigenvalue weighted by molar-refractivity contribution is -0.385. The van der Waals surface area contributed by atoms with Crippen LogP contribution >= 0.6 is 0 Å². The summed E-state index contributed by atoms with van der Waals surface area (Å²) in [5, 5.41) is 11.0. The van der Waals surface area contributed by atoms with Crippen molar-refractivity contribution in [2.24, 2.45) is 0 Å². The van der Waals surface area contributed by atoms with Gasteiger partial charge in [0.05, 0.1) is 10.6 Å². The first-order valence-electron chi connectivity index (χ1n) is 7.32. The van der Waals surface area contributed by atoms with Gasteiger partial charge in [0.2, 0.25) is 0 Å². The number of aryl methyl sites for hydroxylation is 2. The third-order valence-corrected chi connectivity index (χ3v) is 4.06. The highest BCUT2D eigenvalue weighted by Crippen LogP contribution is 2.30. The maximum absolute atomic E-state index is 13.5. The number of hydrogen-bond donors (Lipinski definition) is 0. The summed E-state index contributed by atoms with van der Waals surface area (Å²) in [6, 6.07) is 8.81. The molecule has 2 aromatic rings. The van der Waals surface area contributed by atoms with Crippen LogP contribution in [0.5, 0.6) is 0 Å². The number of hydrogen-bond acceptors (Lipinski definition) is 3. The molecule has 0 fully saturated rings. The molecule has 0 unspecified atom stereocenters. The molecule has 0 saturated heterocycles. The molecule has 0 saturated carbocycles. The summed E-state index contributed by atoms with van der Waals surface area (Å²) < 4.78 is 13.5. The number of rotatable bonds is 2. The summed E-state index contributed by atoms with van der Waals surface area (Å²) >= 11 is 0. The second-order valence-corrected chi connectivity index (χ2v) is 5.59. The highest BCUT2D eigenvalue weighted by molar-refractivity contribution is 6.07. The molecule has 2 aromatic carbocycles. The summed E-state index contributed by atoms with van der Waals surface area (Å²) in [5.41, 5.74) is 2.10. The van der Waals surface area contributed by atoms with Gasteiger partial charge in [-0.1, -0.05) is 12.1 Å². The lowest BCUT2D eigenvalue weighted by atomic mass is 10.00. The van der Waals surface area contributed by atoms with Crippen molar-refractivity contribution in [2.45, 2.75) is 19.8 Å². The van der Waals surface area contributed by atoms with Gasteiger partial charge < -0.3 is 4.90 Å². The standard InChI is InChI=1S/C17H15FN2O3/c1-11-4-5-13(9-15(11)20(22)23)17(21)19-8-2-3-12-6-7-14(18)10-16(12)19/h4-7,9-10H,2-3,8H2,1H3. The van der Waals surface area contributed by atoms with E-state index in [2.05, 4.69) is 0 Å². The van der Waals surface area contributed by atoms with Crippen molar-refractivity contribution in [3.8, 4) is 0 Å². The summed E-state index contributed by atoms with van der Waals surface area (Å²) in [5.74, 6) is -0.752. The van der Waals surface area contributed by atoms with Crippen LogP contribution in [0, 0.1) is 22.9 Å². The van der Waals surface area contributed by atoms with E-state index in [0.29, 0.717) is 17.8 Å². The normalized spacial score (nSPS) is 13.6. The zero-order valence-corrected chi connectivity index (χ0v) is 12.6.